The van der Waals surface area contributed by atoms with E-state index < -0.39 is 22.2 Å². The van der Waals surface area contributed by atoms with E-state index in [1.807, 2.05) is 18.2 Å². The van der Waals surface area contributed by atoms with Gasteiger partial charge in [-0.15, -0.1) is 0 Å². The highest BCUT2D eigenvalue weighted by atomic mass is 32.2. The molecule has 1 rings (SSSR count). The van der Waals surface area contributed by atoms with Crippen LogP contribution in [0.4, 0.5) is 0 Å². The Morgan fingerprint density at radius 1 is 1.17 bits per heavy atom. The van der Waals surface area contributed by atoms with Crippen molar-refractivity contribution in [1.82, 2.24) is 4.72 Å². The molecule has 0 spiro atoms. The molecular formula is C21H38N2O6S. The summed E-state index contributed by atoms with van der Waals surface area (Å²) in [4.78, 5) is 0. The number of nitrogens with two attached hydrogens (primary N) is 1. The molecule has 1 aromatic carbocycles. The Labute approximate surface area is 181 Å². The van der Waals surface area contributed by atoms with Crippen molar-refractivity contribution < 1.29 is 27.7 Å². The van der Waals surface area contributed by atoms with E-state index in [0.29, 0.717) is 37.1 Å². The van der Waals surface area contributed by atoms with Crippen LogP contribution in [0.2, 0.25) is 0 Å². The van der Waals surface area contributed by atoms with Gasteiger partial charge in [0.15, 0.2) is 11.5 Å². The second-order valence-electron chi connectivity index (χ2n) is 7.98. The fourth-order valence-corrected chi connectivity index (χ4v) is 3.61. The van der Waals surface area contributed by atoms with Gasteiger partial charge >= 0.3 is 0 Å². The summed E-state index contributed by atoms with van der Waals surface area (Å²) < 4.78 is 41.1. The fraction of sp³-hybridized carbons (Fsp3) is 0.714. The van der Waals surface area contributed by atoms with Gasteiger partial charge in [-0.2, -0.15) is 0 Å². The molecule has 0 amide bonds. The summed E-state index contributed by atoms with van der Waals surface area (Å²) in [5.74, 6) is 1.91. The van der Waals surface area contributed by atoms with Crippen LogP contribution in [-0.2, 0) is 21.2 Å². The molecule has 0 aliphatic rings. The Hall–Kier alpha value is -1.39. The molecule has 0 aromatic heterocycles. The van der Waals surface area contributed by atoms with Crippen LogP contribution in [0.5, 0.6) is 11.5 Å². The van der Waals surface area contributed by atoms with Crippen LogP contribution in [-0.4, -0.2) is 65.9 Å². The largest absolute Gasteiger partial charge is 0.493 e. The van der Waals surface area contributed by atoms with E-state index in [9.17, 15) is 13.5 Å². The molecular weight excluding hydrogens is 408 g/mol. The maximum absolute atomic E-state index is 11.2. The van der Waals surface area contributed by atoms with Crippen LogP contribution in [0.3, 0.4) is 0 Å². The van der Waals surface area contributed by atoms with Gasteiger partial charge in [0, 0.05) is 32.7 Å². The monoisotopic (exact) mass is 446 g/mol. The molecule has 0 saturated carbocycles. The van der Waals surface area contributed by atoms with Crippen LogP contribution in [0.15, 0.2) is 18.2 Å². The molecule has 30 heavy (non-hydrogen) atoms. The van der Waals surface area contributed by atoms with E-state index in [1.165, 1.54) is 0 Å². The van der Waals surface area contributed by atoms with Crippen molar-refractivity contribution in [3.05, 3.63) is 23.8 Å². The lowest BCUT2D eigenvalue weighted by Gasteiger charge is -2.27. The Morgan fingerprint density at radius 2 is 1.87 bits per heavy atom. The summed E-state index contributed by atoms with van der Waals surface area (Å²) in [6.07, 6.45) is 2.22. The molecule has 174 valence electrons. The predicted octanol–water partition coefficient (Wildman–Crippen LogP) is 1.55. The minimum Gasteiger partial charge on any atom is -0.493 e. The van der Waals surface area contributed by atoms with E-state index >= 15 is 0 Å². The third-order valence-corrected chi connectivity index (χ3v) is 5.73. The molecule has 0 aliphatic carbocycles. The van der Waals surface area contributed by atoms with Crippen molar-refractivity contribution in [2.45, 2.75) is 45.3 Å². The summed E-state index contributed by atoms with van der Waals surface area (Å²) in [5.41, 5.74) is 7.26. The van der Waals surface area contributed by atoms with Crippen LogP contribution < -0.4 is 19.9 Å². The first kappa shape index (κ1) is 26.6. The summed E-state index contributed by atoms with van der Waals surface area (Å²) in [6, 6.07) is 5.34. The summed E-state index contributed by atoms with van der Waals surface area (Å²) >= 11 is 0. The molecule has 3 atom stereocenters. The molecule has 8 nitrogen and oxygen atoms in total. The highest BCUT2D eigenvalue weighted by molar-refractivity contribution is 7.88. The van der Waals surface area contributed by atoms with Crippen molar-refractivity contribution in [3.8, 4) is 11.5 Å². The number of nitrogens with one attached hydrogen (secondary N) is 1. The summed E-state index contributed by atoms with van der Waals surface area (Å²) in [5, 5.41) is 10.2. The van der Waals surface area contributed by atoms with E-state index in [0.717, 1.165) is 24.7 Å². The number of methoxy groups -OCH3 is 2. The second-order valence-corrected chi connectivity index (χ2v) is 9.81. The second kappa shape index (κ2) is 13.1. The van der Waals surface area contributed by atoms with Crippen LogP contribution in [0, 0.1) is 11.8 Å². The van der Waals surface area contributed by atoms with Gasteiger partial charge in [0.1, 0.15) is 0 Å². The van der Waals surface area contributed by atoms with Crippen LogP contribution in [0.25, 0.3) is 0 Å². The maximum Gasteiger partial charge on any atom is 0.208 e. The number of aliphatic hydroxyl groups excluding tert-OH is 1. The van der Waals surface area contributed by atoms with Gasteiger partial charge < -0.3 is 25.1 Å². The first-order chi connectivity index (χ1) is 14.1. The SMILES string of the molecule is COCCCOc1cc(CC(CC(N)C(O)CNS(C)(=O)=O)C(C)C)ccc1OC. The molecule has 0 saturated heterocycles. The van der Waals surface area contributed by atoms with Gasteiger partial charge in [0.2, 0.25) is 10.0 Å². The van der Waals surface area contributed by atoms with Crippen molar-refractivity contribution in [2.75, 3.05) is 40.2 Å². The minimum atomic E-state index is -3.37. The van der Waals surface area contributed by atoms with Gasteiger partial charge in [-0.1, -0.05) is 19.9 Å². The summed E-state index contributed by atoms with van der Waals surface area (Å²) in [7, 11) is -0.0993. The van der Waals surface area contributed by atoms with Crippen molar-refractivity contribution >= 4 is 10.0 Å². The highest BCUT2D eigenvalue weighted by Gasteiger charge is 2.23. The molecule has 0 aliphatic heterocycles. The molecule has 0 bridgehead atoms. The standard InChI is InChI=1S/C21H38N2O6S/c1-15(2)17(13-18(22)19(24)14-23-30(5,25)26)11-16-7-8-20(28-4)21(12-16)29-10-6-9-27-3/h7-8,12,15,17-19,23-24H,6,9-11,13-14,22H2,1-5H3. The lowest BCUT2D eigenvalue weighted by atomic mass is 9.83. The molecule has 4 N–H and O–H groups in total. The number of hydrogen-bond donors (Lipinski definition) is 3. The Bertz CT molecular complexity index is 726. The smallest absolute Gasteiger partial charge is 0.208 e. The van der Waals surface area contributed by atoms with Gasteiger partial charge in [-0.05, 0) is 42.4 Å². The lowest BCUT2D eigenvalue weighted by Crippen LogP contribution is -2.44. The van der Waals surface area contributed by atoms with Gasteiger partial charge in [0.05, 0.1) is 26.1 Å². The quantitative estimate of drug-likeness (QED) is 0.350. The maximum atomic E-state index is 11.2. The number of aliphatic hydroxyl groups is 1. The van der Waals surface area contributed by atoms with E-state index in [1.54, 1.807) is 14.2 Å². The van der Waals surface area contributed by atoms with Crippen LogP contribution in [0.1, 0.15) is 32.3 Å². The number of rotatable bonds is 15. The zero-order chi connectivity index (χ0) is 22.7. The first-order valence-corrected chi connectivity index (χ1v) is 12.1. The Morgan fingerprint density at radius 3 is 2.43 bits per heavy atom. The molecule has 0 radical (unpaired) electrons. The van der Waals surface area contributed by atoms with Crippen molar-refractivity contribution in [3.63, 3.8) is 0 Å². The zero-order valence-corrected chi connectivity index (χ0v) is 19.6. The predicted molar refractivity (Wildman–Crippen MR) is 118 cm³/mol. The summed E-state index contributed by atoms with van der Waals surface area (Å²) in [6.45, 7) is 5.30. The lowest BCUT2D eigenvalue weighted by molar-refractivity contribution is 0.129. The van der Waals surface area contributed by atoms with Crippen molar-refractivity contribution in [2.24, 2.45) is 17.6 Å². The normalized spacial score (nSPS) is 15.1. The van der Waals surface area contributed by atoms with Crippen LogP contribution >= 0.6 is 0 Å². The number of hydrogen-bond acceptors (Lipinski definition) is 7. The number of benzene rings is 1. The van der Waals surface area contributed by atoms with Gasteiger partial charge in [0.25, 0.3) is 0 Å². The number of sulfonamides is 1. The van der Waals surface area contributed by atoms with E-state index in [4.69, 9.17) is 19.9 Å². The highest BCUT2D eigenvalue weighted by Crippen LogP contribution is 2.31. The topological polar surface area (TPSA) is 120 Å². The molecule has 3 unspecified atom stereocenters. The molecule has 9 heteroatoms. The third kappa shape index (κ3) is 10.1. The van der Waals surface area contributed by atoms with Crippen molar-refractivity contribution in [1.29, 1.82) is 0 Å². The molecule has 1 aromatic rings. The molecule has 0 heterocycles. The average molecular weight is 447 g/mol. The Balaban J connectivity index is 2.79. The van der Waals surface area contributed by atoms with E-state index in [-0.39, 0.29) is 12.5 Å². The van der Waals surface area contributed by atoms with Gasteiger partial charge in [-0.25, -0.2) is 13.1 Å². The first-order valence-electron chi connectivity index (χ1n) is 10.2. The van der Waals surface area contributed by atoms with E-state index in [2.05, 4.69) is 18.6 Å². The Kier molecular flexibility index (Phi) is 11.6. The average Bonchev–Trinajstić information content (AvgIpc) is 2.68. The zero-order valence-electron chi connectivity index (χ0n) is 18.8. The third-order valence-electron chi connectivity index (χ3n) is 5.04. The van der Waals surface area contributed by atoms with Gasteiger partial charge in [-0.3, -0.25) is 0 Å². The molecule has 0 fully saturated rings. The number of ether oxygens (including phenoxy) is 3. The fourth-order valence-electron chi connectivity index (χ4n) is 3.14. The minimum absolute atomic E-state index is 0.0905.